The number of carbonyl (C=O) groups excluding carboxylic acids is 1. The van der Waals surface area contributed by atoms with Crippen LogP contribution >= 0.6 is 0 Å². The number of Topliss-reactive ketones (excluding diaryl/α,β-unsaturated/α-hetero) is 1. The minimum Gasteiger partial charge on any atom is -0.493 e. The van der Waals surface area contributed by atoms with Crippen LogP contribution in [0.5, 0.6) is 17.2 Å². The van der Waals surface area contributed by atoms with Crippen molar-refractivity contribution in [2.45, 2.75) is 64.9 Å². The summed E-state index contributed by atoms with van der Waals surface area (Å²) >= 11 is 0. The largest absolute Gasteiger partial charge is 0.493 e. The third kappa shape index (κ3) is 3.04. The van der Waals surface area contributed by atoms with Crippen LogP contribution < -0.4 is 14.2 Å². The van der Waals surface area contributed by atoms with Crippen molar-refractivity contribution in [3.8, 4) is 17.2 Å². The highest BCUT2D eigenvalue weighted by atomic mass is 16.7. The standard InChI is InChI=1S/C28H34O5/c1-27-8-6-19(29)14-18(27)4-5-20-21(27)7-9-28(2)22(20)13-17(26(28)30)10-16-11-23(31-3)25-24(12-16)32-15-33-25/h4,10-12,19-22,29H,5-9,13-15H2,1-3H3/b17-10+/t19-,20-,21+,22-,27+,28+/m1/s1. The summed E-state index contributed by atoms with van der Waals surface area (Å²) < 4.78 is 16.6. The second-order valence-electron chi connectivity index (χ2n) is 11.3. The van der Waals surface area contributed by atoms with E-state index >= 15 is 0 Å². The summed E-state index contributed by atoms with van der Waals surface area (Å²) in [6.45, 7) is 4.83. The number of aliphatic hydroxyl groups is 1. The molecule has 3 saturated carbocycles. The van der Waals surface area contributed by atoms with Crippen LogP contribution in [-0.2, 0) is 4.79 Å². The van der Waals surface area contributed by atoms with E-state index in [0.29, 0.717) is 40.8 Å². The van der Waals surface area contributed by atoms with Crippen LogP contribution in [0, 0.1) is 28.6 Å². The zero-order valence-electron chi connectivity index (χ0n) is 19.9. The Hall–Kier alpha value is -2.27. The average molecular weight is 451 g/mol. The Morgan fingerprint density at radius 1 is 1.09 bits per heavy atom. The number of ketones is 1. The Morgan fingerprint density at radius 2 is 1.91 bits per heavy atom. The SMILES string of the molecule is COc1cc(/C=C2\C[C@@H]3[C@@H]4CC=C5C[C@H](O)CC[C@]5(C)[C@H]4CC[C@]3(C)C2=O)cc2c1OCO2. The molecule has 0 radical (unpaired) electrons. The van der Waals surface area contributed by atoms with Gasteiger partial charge in [0.1, 0.15) is 0 Å². The van der Waals surface area contributed by atoms with Crippen molar-refractivity contribution in [2.24, 2.45) is 28.6 Å². The molecule has 5 nitrogen and oxygen atoms in total. The summed E-state index contributed by atoms with van der Waals surface area (Å²) in [6, 6.07) is 3.88. The van der Waals surface area contributed by atoms with Gasteiger partial charge < -0.3 is 19.3 Å². The number of ether oxygens (including phenoxy) is 3. The molecule has 1 heterocycles. The van der Waals surface area contributed by atoms with Gasteiger partial charge in [-0.1, -0.05) is 25.5 Å². The number of allylic oxidation sites excluding steroid dienone is 2. The second kappa shape index (κ2) is 7.36. The first kappa shape index (κ1) is 21.3. The van der Waals surface area contributed by atoms with Gasteiger partial charge in [-0.2, -0.15) is 0 Å². The van der Waals surface area contributed by atoms with Crippen LogP contribution in [0.4, 0.5) is 0 Å². The Kier molecular flexibility index (Phi) is 4.75. The number of fused-ring (bicyclic) bond motifs is 6. The number of carbonyl (C=O) groups is 1. The van der Waals surface area contributed by atoms with Crippen molar-refractivity contribution in [2.75, 3.05) is 13.9 Å². The van der Waals surface area contributed by atoms with Crippen LogP contribution in [0.15, 0.2) is 29.4 Å². The molecule has 1 aromatic carbocycles. The number of aliphatic hydroxyl groups excluding tert-OH is 1. The molecule has 5 aliphatic rings. The molecule has 1 aliphatic heterocycles. The fraction of sp³-hybridized carbons (Fsp3) is 0.607. The van der Waals surface area contributed by atoms with Crippen molar-refractivity contribution in [1.29, 1.82) is 0 Å². The summed E-state index contributed by atoms with van der Waals surface area (Å²) in [6.07, 6.45) is 11.0. The number of methoxy groups -OCH3 is 1. The summed E-state index contributed by atoms with van der Waals surface area (Å²) in [5.74, 6) is 3.80. The highest BCUT2D eigenvalue weighted by Crippen LogP contribution is 2.64. The van der Waals surface area contributed by atoms with Crippen LogP contribution in [-0.4, -0.2) is 30.9 Å². The van der Waals surface area contributed by atoms with Gasteiger partial charge in [-0.3, -0.25) is 4.79 Å². The van der Waals surface area contributed by atoms with Crippen molar-refractivity contribution < 1.29 is 24.1 Å². The quantitative estimate of drug-likeness (QED) is 0.489. The fourth-order valence-corrected chi connectivity index (χ4v) is 7.88. The van der Waals surface area contributed by atoms with E-state index in [9.17, 15) is 9.90 Å². The molecule has 3 fully saturated rings. The summed E-state index contributed by atoms with van der Waals surface area (Å²) in [4.78, 5) is 13.7. The van der Waals surface area contributed by atoms with E-state index in [1.165, 1.54) is 5.57 Å². The molecule has 5 heteroatoms. The summed E-state index contributed by atoms with van der Waals surface area (Å²) in [7, 11) is 1.63. The molecule has 0 bridgehead atoms. The van der Waals surface area contributed by atoms with Gasteiger partial charge in [0.05, 0.1) is 13.2 Å². The predicted octanol–water partition coefficient (Wildman–Crippen LogP) is 5.31. The summed E-state index contributed by atoms with van der Waals surface area (Å²) in [5.41, 5.74) is 3.24. The lowest BCUT2D eigenvalue weighted by Gasteiger charge is -2.56. The topological polar surface area (TPSA) is 65.0 Å². The highest BCUT2D eigenvalue weighted by molar-refractivity contribution is 6.06. The van der Waals surface area contributed by atoms with Crippen molar-refractivity contribution in [1.82, 2.24) is 0 Å². The van der Waals surface area contributed by atoms with Gasteiger partial charge in [-0.05, 0) is 97.5 Å². The number of benzene rings is 1. The van der Waals surface area contributed by atoms with Crippen LogP contribution in [0.25, 0.3) is 6.08 Å². The first-order valence-corrected chi connectivity index (χ1v) is 12.4. The van der Waals surface area contributed by atoms with Gasteiger partial charge in [-0.25, -0.2) is 0 Å². The average Bonchev–Trinajstić information content (AvgIpc) is 3.37. The van der Waals surface area contributed by atoms with E-state index < -0.39 is 0 Å². The number of rotatable bonds is 2. The molecule has 6 atom stereocenters. The molecule has 0 spiro atoms. The molecule has 4 aliphatic carbocycles. The first-order valence-electron chi connectivity index (χ1n) is 12.4. The smallest absolute Gasteiger partial charge is 0.231 e. The third-order valence-electron chi connectivity index (χ3n) is 9.74. The monoisotopic (exact) mass is 450 g/mol. The van der Waals surface area contributed by atoms with Gasteiger partial charge in [0, 0.05) is 5.41 Å². The van der Waals surface area contributed by atoms with E-state index in [0.717, 1.165) is 56.1 Å². The van der Waals surface area contributed by atoms with Crippen LogP contribution in [0.3, 0.4) is 0 Å². The molecule has 33 heavy (non-hydrogen) atoms. The Labute approximate surface area is 195 Å². The Morgan fingerprint density at radius 3 is 2.73 bits per heavy atom. The third-order valence-corrected chi connectivity index (χ3v) is 9.74. The minimum absolute atomic E-state index is 0.184. The zero-order chi connectivity index (χ0) is 23.0. The van der Waals surface area contributed by atoms with Gasteiger partial charge in [0.25, 0.3) is 0 Å². The number of hydrogen-bond donors (Lipinski definition) is 1. The maximum Gasteiger partial charge on any atom is 0.231 e. The molecule has 0 saturated heterocycles. The van der Waals surface area contributed by atoms with Gasteiger partial charge in [-0.15, -0.1) is 0 Å². The minimum atomic E-state index is -0.274. The Bertz CT molecular complexity index is 1070. The van der Waals surface area contributed by atoms with E-state index in [1.54, 1.807) is 7.11 Å². The zero-order valence-corrected chi connectivity index (χ0v) is 19.9. The maximum absolute atomic E-state index is 13.7. The lowest BCUT2D eigenvalue weighted by Crippen LogP contribution is -2.50. The second-order valence-corrected chi connectivity index (χ2v) is 11.3. The molecular weight excluding hydrogens is 416 g/mol. The van der Waals surface area contributed by atoms with Gasteiger partial charge in [0.15, 0.2) is 17.3 Å². The maximum atomic E-state index is 13.7. The normalized spacial score (nSPS) is 40.2. The summed E-state index contributed by atoms with van der Waals surface area (Å²) in [5, 5.41) is 10.2. The molecule has 0 unspecified atom stereocenters. The molecule has 0 amide bonds. The van der Waals surface area contributed by atoms with Crippen molar-refractivity contribution in [3.63, 3.8) is 0 Å². The van der Waals surface area contributed by atoms with E-state index in [4.69, 9.17) is 14.2 Å². The van der Waals surface area contributed by atoms with Crippen LogP contribution in [0.2, 0.25) is 0 Å². The fourth-order valence-electron chi connectivity index (χ4n) is 7.88. The Balaban J connectivity index is 1.33. The van der Waals surface area contributed by atoms with Gasteiger partial charge >= 0.3 is 0 Å². The molecule has 0 aromatic heterocycles. The lowest BCUT2D eigenvalue weighted by molar-refractivity contribution is -0.130. The molecular formula is C28H34O5. The van der Waals surface area contributed by atoms with Crippen molar-refractivity contribution in [3.05, 3.63) is 34.9 Å². The van der Waals surface area contributed by atoms with Crippen LogP contribution in [0.1, 0.15) is 64.4 Å². The molecule has 176 valence electrons. The van der Waals surface area contributed by atoms with Crippen molar-refractivity contribution >= 4 is 11.9 Å². The molecule has 6 rings (SSSR count). The molecule has 1 N–H and O–H groups in total. The highest BCUT2D eigenvalue weighted by Gasteiger charge is 2.59. The predicted molar refractivity (Wildman–Crippen MR) is 125 cm³/mol. The molecule has 1 aromatic rings. The first-order chi connectivity index (χ1) is 15.8. The van der Waals surface area contributed by atoms with E-state index in [2.05, 4.69) is 19.9 Å². The van der Waals surface area contributed by atoms with E-state index in [-0.39, 0.29) is 23.7 Å². The van der Waals surface area contributed by atoms with Gasteiger partial charge in [0.2, 0.25) is 12.5 Å². The lowest BCUT2D eigenvalue weighted by atomic mass is 9.48. The van der Waals surface area contributed by atoms with E-state index in [1.807, 2.05) is 18.2 Å². The number of hydrogen-bond acceptors (Lipinski definition) is 5.